The minimum atomic E-state index is -4.79. The van der Waals surface area contributed by atoms with Gasteiger partial charge in [0.15, 0.2) is 5.82 Å². The van der Waals surface area contributed by atoms with E-state index in [2.05, 4.69) is 4.98 Å². The highest BCUT2D eigenvalue weighted by Crippen LogP contribution is 2.34. The maximum Gasteiger partial charge on any atom is 0.418 e. The van der Waals surface area contributed by atoms with Crippen LogP contribution in [0.5, 0.6) is 5.88 Å². The first-order chi connectivity index (χ1) is 9.93. The maximum absolute atomic E-state index is 13.9. The first-order valence-electron chi connectivity index (χ1n) is 5.95. The summed E-state index contributed by atoms with van der Waals surface area (Å²) >= 11 is 0. The summed E-state index contributed by atoms with van der Waals surface area (Å²) in [5.41, 5.74) is -1.47. The average molecular weight is 301 g/mol. The van der Waals surface area contributed by atoms with Crippen LogP contribution in [-0.4, -0.2) is 10.1 Å². The highest BCUT2D eigenvalue weighted by molar-refractivity contribution is 5.33. The lowest BCUT2D eigenvalue weighted by Gasteiger charge is -2.14. The fourth-order valence-electron chi connectivity index (χ4n) is 1.73. The first-order valence-corrected chi connectivity index (χ1v) is 5.95. The van der Waals surface area contributed by atoms with Crippen LogP contribution in [0, 0.1) is 5.82 Å². The van der Waals surface area contributed by atoms with Gasteiger partial charge in [-0.1, -0.05) is 30.3 Å². The summed E-state index contributed by atoms with van der Waals surface area (Å²) in [6.45, 7) is -1.13. The number of hydrogen-bond acceptors (Lipinski definition) is 3. The van der Waals surface area contributed by atoms with E-state index in [-0.39, 0.29) is 6.61 Å². The molecule has 1 heterocycles. The molecule has 7 heteroatoms. The lowest BCUT2D eigenvalue weighted by atomic mass is 10.1. The van der Waals surface area contributed by atoms with E-state index in [0.717, 1.165) is 0 Å². The molecular weight excluding hydrogens is 290 g/mol. The second-order valence-corrected chi connectivity index (χ2v) is 4.20. The molecule has 0 unspecified atom stereocenters. The van der Waals surface area contributed by atoms with E-state index in [0.29, 0.717) is 11.8 Å². The minimum absolute atomic E-state index is 0.0407. The van der Waals surface area contributed by atoms with Crippen molar-refractivity contribution in [2.24, 2.45) is 0 Å². The van der Waals surface area contributed by atoms with E-state index in [1.165, 1.54) is 0 Å². The van der Waals surface area contributed by atoms with Crippen LogP contribution in [0.1, 0.15) is 16.7 Å². The molecule has 1 aromatic carbocycles. The van der Waals surface area contributed by atoms with E-state index < -0.39 is 35.6 Å². The molecule has 0 aliphatic rings. The van der Waals surface area contributed by atoms with E-state index in [1.54, 1.807) is 30.3 Å². The third-order valence-corrected chi connectivity index (χ3v) is 2.77. The third-order valence-electron chi connectivity index (χ3n) is 2.77. The van der Waals surface area contributed by atoms with Crippen molar-refractivity contribution < 1.29 is 27.4 Å². The molecule has 0 radical (unpaired) electrons. The second kappa shape index (κ2) is 6.09. The van der Waals surface area contributed by atoms with Crippen molar-refractivity contribution in [3.63, 3.8) is 0 Å². The molecule has 0 bridgehead atoms. The smallest absolute Gasteiger partial charge is 0.418 e. The second-order valence-electron chi connectivity index (χ2n) is 4.20. The predicted molar refractivity (Wildman–Crippen MR) is 65.9 cm³/mol. The number of alkyl halides is 3. The molecule has 21 heavy (non-hydrogen) atoms. The van der Waals surface area contributed by atoms with Crippen LogP contribution < -0.4 is 4.74 Å². The molecule has 3 nitrogen and oxygen atoms in total. The van der Waals surface area contributed by atoms with Crippen LogP contribution in [0.25, 0.3) is 0 Å². The lowest BCUT2D eigenvalue weighted by molar-refractivity contribution is -0.139. The Morgan fingerprint density at radius 1 is 1.14 bits per heavy atom. The molecule has 0 aliphatic heterocycles. The Bertz CT molecular complexity index is 614. The zero-order valence-electron chi connectivity index (χ0n) is 10.7. The fourth-order valence-corrected chi connectivity index (χ4v) is 1.73. The Kier molecular flexibility index (Phi) is 4.42. The predicted octanol–water partition coefficient (Wildman–Crippen LogP) is 3.31. The van der Waals surface area contributed by atoms with Gasteiger partial charge in [-0.2, -0.15) is 13.2 Å². The van der Waals surface area contributed by atoms with Gasteiger partial charge in [0.05, 0.1) is 12.2 Å². The van der Waals surface area contributed by atoms with Crippen LogP contribution in [0.4, 0.5) is 17.6 Å². The van der Waals surface area contributed by atoms with Gasteiger partial charge in [0.1, 0.15) is 6.61 Å². The molecule has 2 aromatic rings. The van der Waals surface area contributed by atoms with E-state index in [9.17, 15) is 17.6 Å². The Balaban J connectivity index is 2.26. The van der Waals surface area contributed by atoms with Crippen LogP contribution in [0.15, 0.2) is 36.5 Å². The molecule has 0 fully saturated rings. The summed E-state index contributed by atoms with van der Waals surface area (Å²) in [5, 5.41) is 8.95. The average Bonchev–Trinajstić information content (AvgIpc) is 2.45. The molecular formula is C14H11F4NO2. The molecule has 0 spiro atoms. The number of benzene rings is 1. The van der Waals surface area contributed by atoms with Crippen molar-refractivity contribution in [3.8, 4) is 5.88 Å². The number of ether oxygens (including phenoxy) is 1. The molecule has 0 aliphatic carbocycles. The standard InChI is InChI=1S/C14H11F4NO2/c15-12-10(7-20)11(14(16,17)18)6-19-13(12)21-8-9-4-2-1-3-5-9/h1-6,20H,7-8H2. The summed E-state index contributed by atoms with van der Waals surface area (Å²) in [5.74, 6) is -1.88. The van der Waals surface area contributed by atoms with Crippen LogP contribution >= 0.6 is 0 Å². The molecule has 1 N–H and O–H groups in total. The molecule has 2 rings (SSSR count). The van der Waals surface area contributed by atoms with Crippen molar-refractivity contribution in [3.05, 3.63) is 59.0 Å². The Labute approximate surface area is 117 Å². The number of aromatic nitrogens is 1. The maximum atomic E-state index is 13.9. The Morgan fingerprint density at radius 2 is 1.81 bits per heavy atom. The molecule has 0 saturated carbocycles. The third kappa shape index (κ3) is 3.49. The number of halogens is 4. The van der Waals surface area contributed by atoms with Crippen molar-refractivity contribution in [2.45, 2.75) is 19.4 Å². The van der Waals surface area contributed by atoms with Crippen molar-refractivity contribution in [1.82, 2.24) is 4.98 Å². The molecule has 1 aromatic heterocycles. The Morgan fingerprint density at radius 3 is 2.38 bits per heavy atom. The lowest BCUT2D eigenvalue weighted by Crippen LogP contribution is -2.13. The topological polar surface area (TPSA) is 42.4 Å². The summed E-state index contributed by atoms with van der Waals surface area (Å²) in [4.78, 5) is 3.34. The van der Waals surface area contributed by atoms with Gasteiger partial charge >= 0.3 is 6.18 Å². The van der Waals surface area contributed by atoms with Crippen LogP contribution in [0.2, 0.25) is 0 Å². The fraction of sp³-hybridized carbons (Fsp3) is 0.214. The van der Waals surface area contributed by atoms with Crippen LogP contribution in [0.3, 0.4) is 0 Å². The molecule has 0 atom stereocenters. The number of aliphatic hydroxyl groups excluding tert-OH is 1. The molecule has 0 amide bonds. The number of aliphatic hydroxyl groups is 1. The van der Waals surface area contributed by atoms with Gasteiger partial charge in [-0.15, -0.1) is 0 Å². The highest BCUT2D eigenvalue weighted by atomic mass is 19.4. The number of hydrogen-bond donors (Lipinski definition) is 1. The zero-order valence-corrected chi connectivity index (χ0v) is 10.7. The normalized spacial score (nSPS) is 11.5. The zero-order chi connectivity index (χ0) is 15.5. The monoisotopic (exact) mass is 301 g/mol. The summed E-state index contributed by atoms with van der Waals surface area (Å²) < 4.78 is 56.9. The van der Waals surface area contributed by atoms with Gasteiger partial charge in [0.25, 0.3) is 5.88 Å². The van der Waals surface area contributed by atoms with Crippen molar-refractivity contribution in [2.75, 3.05) is 0 Å². The van der Waals surface area contributed by atoms with Gasteiger partial charge in [-0.25, -0.2) is 9.37 Å². The van der Waals surface area contributed by atoms with Crippen LogP contribution in [-0.2, 0) is 19.4 Å². The SMILES string of the molecule is OCc1c(C(F)(F)F)cnc(OCc2ccccc2)c1F. The van der Waals surface area contributed by atoms with E-state index in [1.807, 2.05) is 0 Å². The van der Waals surface area contributed by atoms with Crippen molar-refractivity contribution in [1.29, 1.82) is 0 Å². The van der Waals surface area contributed by atoms with Gasteiger partial charge in [-0.05, 0) is 5.56 Å². The number of nitrogens with zero attached hydrogens (tertiary/aromatic N) is 1. The van der Waals surface area contributed by atoms with Crippen molar-refractivity contribution >= 4 is 0 Å². The summed E-state index contributed by atoms with van der Waals surface area (Å²) in [6, 6.07) is 8.71. The van der Waals surface area contributed by atoms with E-state index >= 15 is 0 Å². The highest BCUT2D eigenvalue weighted by Gasteiger charge is 2.36. The first kappa shape index (κ1) is 15.2. The minimum Gasteiger partial charge on any atom is -0.471 e. The van der Waals surface area contributed by atoms with Gasteiger partial charge < -0.3 is 9.84 Å². The number of pyridine rings is 1. The largest absolute Gasteiger partial charge is 0.471 e. The quantitative estimate of drug-likeness (QED) is 0.881. The van der Waals surface area contributed by atoms with Gasteiger partial charge in [0, 0.05) is 11.8 Å². The van der Waals surface area contributed by atoms with Gasteiger partial charge in [0.2, 0.25) is 0 Å². The molecule has 0 saturated heterocycles. The Hall–Kier alpha value is -2.15. The summed E-state index contributed by atoms with van der Waals surface area (Å²) in [7, 11) is 0. The summed E-state index contributed by atoms with van der Waals surface area (Å²) in [6.07, 6.45) is -4.33. The van der Waals surface area contributed by atoms with Gasteiger partial charge in [-0.3, -0.25) is 0 Å². The molecule has 112 valence electrons. The number of rotatable bonds is 4. The van der Waals surface area contributed by atoms with E-state index in [4.69, 9.17) is 9.84 Å².